The zero-order chi connectivity index (χ0) is 24.1. The van der Waals surface area contributed by atoms with Crippen molar-refractivity contribution in [1.82, 2.24) is 9.66 Å². The maximum Gasteiger partial charge on any atom is 0.341 e. The molecule has 0 atom stereocenters. The van der Waals surface area contributed by atoms with Gasteiger partial charge in [-0.3, -0.25) is 14.9 Å². The second-order valence-corrected chi connectivity index (χ2v) is 8.77. The molecule has 0 radical (unpaired) electrons. The standard InChI is InChI=1S/C21H18Br2N4O6/c1-2-3-4-18-25-16-6-5-13(22)8-15(16)21(30)26(18)24-10-12-7-14(23)9-17(27(31)32)20(12)33-11-19(28)29/h5-10H,2-4,11H2,1H3,(H,28,29). The molecule has 0 fully saturated rings. The van der Waals surface area contributed by atoms with Gasteiger partial charge in [-0.15, -0.1) is 0 Å². The Balaban J connectivity index is 2.18. The van der Waals surface area contributed by atoms with E-state index in [4.69, 9.17) is 9.84 Å². The molecule has 1 heterocycles. The molecule has 3 rings (SSSR count). The van der Waals surface area contributed by atoms with Gasteiger partial charge in [0.05, 0.1) is 22.0 Å². The van der Waals surface area contributed by atoms with Crippen molar-refractivity contribution in [3.63, 3.8) is 0 Å². The number of aromatic nitrogens is 2. The summed E-state index contributed by atoms with van der Waals surface area (Å²) in [4.78, 5) is 39.5. The van der Waals surface area contributed by atoms with Crippen molar-refractivity contribution in [2.45, 2.75) is 26.2 Å². The molecule has 1 N–H and O–H groups in total. The third-order valence-corrected chi connectivity index (χ3v) is 5.49. The van der Waals surface area contributed by atoms with E-state index in [1.54, 1.807) is 18.2 Å². The summed E-state index contributed by atoms with van der Waals surface area (Å²) in [6, 6.07) is 7.85. The Morgan fingerprint density at radius 1 is 1.30 bits per heavy atom. The van der Waals surface area contributed by atoms with Gasteiger partial charge in [0.25, 0.3) is 5.56 Å². The van der Waals surface area contributed by atoms with E-state index in [2.05, 4.69) is 41.9 Å². The smallest absolute Gasteiger partial charge is 0.341 e. The fourth-order valence-corrected chi connectivity index (χ4v) is 3.88. The lowest BCUT2D eigenvalue weighted by Crippen LogP contribution is -2.22. The van der Waals surface area contributed by atoms with Gasteiger partial charge in [0.1, 0.15) is 5.82 Å². The second-order valence-electron chi connectivity index (χ2n) is 6.94. The van der Waals surface area contributed by atoms with Crippen LogP contribution in [0.5, 0.6) is 5.75 Å². The molecule has 2 aromatic carbocycles. The molecule has 3 aromatic rings. The molecule has 0 aliphatic carbocycles. The molecule has 12 heteroatoms. The Labute approximate surface area is 204 Å². The van der Waals surface area contributed by atoms with Crippen molar-refractivity contribution in [3.8, 4) is 5.75 Å². The Morgan fingerprint density at radius 2 is 2.06 bits per heavy atom. The molecule has 0 saturated carbocycles. The SMILES string of the molecule is CCCCc1nc2ccc(Br)cc2c(=O)n1N=Cc1cc(Br)cc([N+](=O)[O-])c1OCC(=O)O. The second kappa shape index (κ2) is 10.7. The molecule has 0 unspecified atom stereocenters. The van der Waals surface area contributed by atoms with E-state index >= 15 is 0 Å². The molecule has 10 nitrogen and oxygen atoms in total. The Morgan fingerprint density at radius 3 is 2.73 bits per heavy atom. The quantitative estimate of drug-likeness (QED) is 0.223. The van der Waals surface area contributed by atoms with Crippen LogP contribution in [0, 0.1) is 10.1 Å². The average molecular weight is 582 g/mol. The van der Waals surface area contributed by atoms with E-state index in [1.807, 2.05) is 6.92 Å². The lowest BCUT2D eigenvalue weighted by molar-refractivity contribution is -0.385. The molecule has 0 saturated heterocycles. The van der Waals surface area contributed by atoms with Crippen LogP contribution in [-0.2, 0) is 11.2 Å². The third kappa shape index (κ3) is 5.82. The largest absolute Gasteiger partial charge is 0.479 e. The van der Waals surface area contributed by atoms with Crippen LogP contribution < -0.4 is 10.3 Å². The van der Waals surface area contributed by atoms with Crippen molar-refractivity contribution < 1.29 is 19.6 Å². The van der Waals surface area contributed by atoms with Crippen LogP contribution in [-0.4, -0.2) is 38.5 Å². The lowest BCUT2D eigenvalue weighted by atomic mass is 10.2. The number of benzene rings is 2. The first-order valence-electron chi connectivity index (χ1n) is 9.79. The van der Waals surface area contributed by atoms with Crippen molar-refractivity contribution in [2.24, 2.45) is 5.10 Å². The number of halogens is 2. The van der Waals surface area contributed by atoms with Crippen molar-refractivity contribution in [3.05, 3.63) is 71.1 Å². The molecule has 0 amide bonds. The van der Waals surface area contributed by atoms with E-state index in [0.717, 1.165) is 17.5 Å². The van der Waals surface area contributed by atoms with Gasteiger partial charge in [-0.2, -0.15) is 9.78 Å². The number of fused-ring (bicyclic) bond motifs is 1. The number of unbranched alkanes of at least 4 members (excludes halogenated alkanes) is 1. The van der Waals surface area contributed by atoms with E-state index in [-0.39, 0.29) is 11.3 Å². The topological polar surface area (TPSA) is 137 Å². The van der Waals surface area contributed by atoms with E-state index < -0.39 is 28.7 Å². The predicted octanol–water partition coefficient (Wildman–Crippen LogP) is 4.52. The van der Waals surface area contributed by atoms with Crippen LogP contribution in [0.4, 0.5) is 5.69 Å². The van der Waals surface area contributed by atoms with Crippen molar-refractivity contribution in [2.75, 3.05) is 6.61 Å². The summed E-state index contributed by atoms with van der Waals surface area (Å²) in [5, 5.41) is 25.1. The minimum absolute atomic E-state index is 0.125. The molecular formula is C21H18Br2N4O6. The van der Waals surface area contributed by atoms with Gasteiger partial charge in [0, 0.05) is 27.0 Å². The highest BCUT2D eigenvalue weighted by molar-refractivity contribution is 9.10. The van der Waals surface area contributed by atoms with Crippen LogP contribution in [0.25, 0.3) is 10.9 Å². The minimum Gasteiger partial charge on any atom is -0.479 e. The number of hydrogen-bond donors (Lipinski definition) is 1. The predicted molar refractivity (Wildman–Crippen MR) is 129 cm³/mol. The first-order valence-corrected chi connectivity index (χ1v) is 11.4. The van der Waals surface area contributed by atoms with Gasteiger partial charge in [0.15, 0.2) is 6.61 Å². The molecule has 0 spiro atoms. The highest BCUT2D eigenvalue weighted by Crippen LogP contribution is 2.34. The van der Waals surface area contributed by atoms with Crippen LogP contribution in [0.1, 0.15) is 31.2 Å². The number of carboxylic acids is 1. The first-order chi connectivity index (χ1) is 15.7. The normalized spacial score (nSPS) is 11.2. The summed E-state index contributed by atoms with van der Waals surface area (Å²) in [6.45, 7) is 1.23. The van der Waals surface area contributed by atoms with E-state index in [1.165, 1.54) is 18.3 Å². The number of aliphatic carboxylic acids is 1. The number of carboxylic acid groups (broad SMARTS) is 1. The highest BCUT2D eigenvalue weighted by Gasteiger charge is 2.21. The maximum absolute atomic E-state index is 13.2. The Bertz CT molecular complexity index is 1320. The van der Waals surface area contributed by atoms with Crippen LogP contribution in [0.3, 0.4) is 0 Å². The van der Waals surface area contributed by atoms with Gasteiger partial charge >= 0.3 is 11.7 Å². The number of rotatable bonds is 9. The summed E-state index contributed by atoms with van der Waals surface area (Å²) < 4.78 is 7.40. The maximum atomic E-state index is 13.2. The van der Waals surface area contributed by atoms with Gasteiger partial charge in [-0.25, -0.2) is 9.78 Å². The molecule has 0 aliphatic rings. The number of nitro benzene ring substituents is 1. The summed E-state index contributed by atoms with van der Waals surface area (Å²) in [5.74, 6) is -1.13. The van der Waals surface area contributed by atoms with Crippen molar-refractivity contribution in [1.29, 1.82) is 0 Å². The Kier molecular flexibility index (Phi) is 7.92. The summed E-state index contributed by atoms with van der Waals surface area (Å²) in [7, 11) is 0. The molecule has 33 heavy (non-hydrogen) atoms. The monoisotopic (exact) mass is 580 g/mol. The number of nitro groups is 1. The molecule has 1 aromatic heterocycles. The van der Waals surface area contributed by atoms with Gasteiger partial charge in [-0.1, -0.05) is 45.2 Å². The molecular weight excluding hydrogens is 564 g/mol. The van der Waals surface area contributed by atoms with Crippen molar-refractivity contribution >= 4 is 60.6 Å². The Hall–Kier alpha value is -3.12. The molecule has 172 valence electrons. The van der Waals surface area contributed by atoms with Crippen LogP contribution in [0.2, 0.25) is 0 Å². The number of aryl methyl sites for hydroxylation is 1. The van der Waals surface area contributed by atoms with E-state index in [9.17, 15) is 19.7 Å². The number of ether oxygens (including phenoxy) is 1. The summed E-state index contributed by atoms with van der Waals surface area (Å²) in [5.41, 5.74) is -0.184. The summed E-state index contributed by atoms with van der Waals surface area (Å²) >= 11 is 6.55. The lowest BCUT2D eigenvalue weighted by Gasteiger charge is -2.11. The van der Waals surface area contributed by atoms with Gasteiger partial charge in [0.2, 0.25) is 5.75 Å². The fraction of sp³-hybridized carbons (Fsp3) is 0.238. The third-order valence-electron chi connectivity index (χ3n) is 4.54. The average Bonchev–Trinajstić information content (AvgIpc) is 2.76. The fourth-order valence-electron chi connectivity index (χ4n) is 3.05. The van der Waals surface area contributed by atoms with Crippen LogP contribution in [0.15, 0.2) is 49.2 Å². The van der Waals surface area contributed by atoms with Gasteiger partial charge < -0.3 is 9.84 Å². The molecule has 0 bridgehead atoms. The number of hydrogen-bond acceptors (Lipinski definition) is 7. The molecule has 0 aliphatic heterocycles. The van der Waals surface area contributed by atoms with E-state index in [0.29, 0.717) is 32.1 Å². The zero-order valence-electron chi connectivity index (χ0n) is 17.3. The number of carbonyl (C=O) groups is 1. The number of nitrogens with zero attached hydrogens (tertiary/aromatic N) is 4. The summed E-state index contributed by atoms with van der Waals surface area (Å²) in [6.07, 6.45) is 3.37. The zero-order valence-corrected chi connectivity index (χ0v) is 20.5. The highest BCUT2D eigenvalue weighted by atomic mass is 79.9. The first kappa shape index (κ1) is 24.5. The van der Waals surface area contributed by atoms with Crippen LogP contribution >= 0.6 is 31.9 Å². The van der Waals surface area contributed by atoms with Gasteiger partial charge in [-0.05, 0) is 30.7 Å². The minimum atomic E-state index is -1.29.